The molecule has 2 aromatic rings. The predicted octanol–water partition coefficient (Wildman–Crippen LogP) is 4.55. The fourth-order valence-corrected chi connectivity index (χ4v) is 3.78. The first-order chi connectivity index (χ1) is 11.6. The van der Waals surface area contributed by atoms with Crippen molar-refractivity contribution < 1.29 is 9.90 Å². The minimum absolute atomic E-state index is 0.107. The van der Waals surface area contributed by atoms with Crippen LogP contribution in [0.15, 0.2) is 28.9 Å². The number of hydrogen-bond acceptors (Lipinski definition) is 4. The van der Waals surface area contributed by atoms with E-state index >= 15 is 0 Å². The third kappa shape index (κ3) is 3.62. The van der Waals surface area contributed by atoms with Gasteiger partial charge < -0.3 is 10.4 Å². The number of nitrogens with one attached hydrogen (secondary N) is 1. The number of carbonyl (C=O) groups is 1. The number of carbonyl (C=O) groups excluding carboxylic acids is 1. The first kappa shape index (κ1) is 17.4. The standard InChI is InChI=1S/C19H23BrN2O2/c1-2-18(24)16-10-21-17-8-5-13(20)9-15(17)19(16)22-14-6-3-12(11-23)4-7-14/h5,8-10,12,14,23H,2-4,6-7,11H2,1H3,(H,21,22)/t12-,14-. The van der Waals surface area contributed by atoms with E-state index in [4.69, 9.17) is 0 Å². The average molecular weight is 391 g/mol. The second-order valence-corrected chi connectivity index (χ2v) is 7.45. The van der Waals surface area contributed by atoms with E-state index in [1.165, 1.54) is 0 Å². The number of Topliss-reactive ketones (excluding diaryl/α,β-unsaturated/α-hetero) is 1. The Balaban J connectivity index is 1.97. The number of rotatable bonds is 5. The van der Waals surface area contributed by atoms with Crippen LogP contribution in [0.4, 0.5) is 5.69 Å². The van der Waals surface area contributed by atoms with Gasteiger partial charge in [0.25, 0.3) is 0 Å². The zero-order chi connectivity index (χ0) is 17.1. The Hall–Kier alpha value is -1.46. The summed E-state index contributed by atoms with van der Waals surface area (Å²) < 4.78 is 0.977. The normalized spacial score (nSPS) is 21.0. The summed E-state index contributed by atoms with van der Waals surface area (Å²) in [7, 11) is 0. The van der Waals surface area contributed by atoms with Gasteiger partial charge in [0, 0.05) is 35.1 Å². The molecule has 3 rings (SSSR count). The molecule has 1 aliphatic rings. The molecule has 1 saturated carbocycles. The van der Waals surface area contributed by atoms with Gasteiger partial charge in [-0.25, -0.2) is 0 Å². The first-order valence-electron chi connectivity index (χ1n) is 8.61. The maximum Gasteiger partial charge on any atom is 0.166 e. The van der Waals surface area contributed by atoms with E-state index in [-0.39, 0.29) is 12.4 Å². The largest absolute Gasteiger partial charge is 0.396 e. The van der Waals surface area contributed by atoms with Crippen LogP contribution in [0.1, 0.15) is 49.4 Å². The summed E-state index contributed by atoms with van der Waals surface area (Å²) >= 11 is 3.52. The van der Waals surface area contributed by atoms with Gasteiger partial charge in [0.05, 0.1) is 16.8 Å². The van der Waals surface area contributed by atoms with Crippen LogP contribution in [0.2, 0.25) is 0 Å². The van der Waals surface area contributed by atoms with Crippen LogP contribution in [0, 0.1) is 5.92 Å². The lowest BCUT2D eigenvalue weighted by atomic mass is 9.86. The van der Waals surface area contributed by atoms with E-state index in [1.807, 2.05) is 25.1 Å². The fraction of sp³-hybridized carbons (Fsp3) is 0.474. The average Bonchev–Trinajstić information content (AvgIpc) is 2.62. The molecule has 0 amide bonds. The van der Waals surface area contributed by atoms with E-state index < -0.39 is 0 Å². The molecule has 1 aromatic heterocycles. The first-order valence-corrected chi connectivity index (χ1v) is 9.40. The summed E-state index contributed by atoms with van der Waals surface area (Å²) in [4.78, 5) is 16.8. The molecule has 1 heterocycles. The predicted molar refractivity (Wildman–Crippen MR) is 101 cm³/mol. The Morgan fingerprint density at radius 3 is 2.75 bits per heavy atom. The lowest BCUT2D eigenvalue weighted by molar-refractivity contribution is 0.0988. The van der Waals surface area contributed by atoms with Gasteiger partial charge in [-0.15, -0.1) is 0 Å². The minimum Gasteiger partial charge on any atom is -0.396 e. The minimum atomic E-state index is 0.107. The van der Waals surface area contributed by atoms with Gasteiger partial charge in [0.15, 0.2) is 5.78 Å². The molecular weight excluding hydrogens is 368 g/mol. The van der Waals surface area contributed by atoms with Crippen LogP contribution < -0.4 is 5.32 Å². The van der Waals surface area contributed by atoms with Gasteiger partial charge in [-0.3, -0.25) is 9.78 Å². The van der Waals surface area contributed by atoms with Crippen molar-refractivity contribution in [3.8, 4) is 0 Å². The second kappa shape index (κ2) is 7.62. The van der Waals surface area contributed by atoms with Crippen molar-refractivity contribution in [3.63, 3.8) is 0 Å². The molecule has 0 radical (unpaired) electrons. The van der Waals surface area contributed by atoms with E-state index in [0.29, 0.717) is 23.9 Å². The summed E-state index contributed by atoms with van der Waals surface area (Å²) in [6.07, 6.45) is 6.25. The third-order valence-electron chi connectivity index (χ3n) is 4.90. The Morgan fingerprint density at radius 1 is 1.33 bits per heavy atom. The van der Waals surface area contributed by atoms with Crippen molar-refractivity contribution in [1.82, 2.24) is 4.98 Å². The number of aliphatic hydroxyl groups excluding tert-OH is 1. The number of fused-ring (bicyclic) bond motifs is 1. The van der Waals surface area contributed by atoms with Gasteiger partial charge in [-0.05, 0) is 49.8 Å². The number of anilines is 1. The number of hydrogen-bond donors (Lipinski definition) is 2. The highest BCUT2D eigenvalue weighted by Crippen LogP contribution is 2.33. The fourth-order valence-electron chi connectivity index (χ4n) is 3.42. The molecule has 24 heavy (non-hydrogen) atoms. The molecule has 0 atom stereocenters. The molecular formula is C19H23BrN2O2. The molecule has 0 unspecified atom stereocenters. The van der Waals surface area contributed by atoms with Crippen molar-refractivity contribution in [2.24, 2.45) is 5.92 Å². The maximum atomic E-state index is 12.4. The second-order valence-electron chi connectivity index (χ2n) is 6.53. The smallest absolute Gasteiger partial charge is 0.166 e. The summed E-state index contributed by atoms with van der Waals surface area (Å²) in [6.45, 7) is 2.15. The van der Waals surface area contributed by atoms with E-state index in [9.17, 15) is 9.90 Å². The monoisotopic (exact) mass is 390 g/mol. The molecule has 2 N–H and O–H groups in total. The number of aromatic nitrogens is 1. The van der Waals surface area contributed by atoms with Crippen LogP contribution >= 0.6 is 15.9 Å². The summed E-state index contributed by atoms with van der Waals surface area (Å²) in [5, 5.41) is 13.9. The van der Waals surface area contributed by atoms with Crippen molar-refractivity contribution >= 4 is 38.3 Å². The van der Waals surface area contributed by atoms with Crippen LogP contribution in [0.25, 0.3) is 10.9 Å². The van der Waals surface area contributed by atoms with Gasteiger partial charge in [-0.2, -0.15) is 0 Å². The summed E-state index contributed by atoms with van der Waals surface area (Å²) in [5.41, 5.74) is 2.46. The molecule has 1 aromatic carbocycles. The third-order valence-corrected chi connectivity index (χ3v) is 5.40. The Bertz CT molecular complexity index is 739. The molecule has 0 spiro atoms. The van der Waals surface area contributed by atoms with Gasteiger partial charge in [0.2, 0.25) is 0 Å². The van der Waals surface area contributed by atoms with Gasteiger partial charge >= 0.3 is 0 Å². The molecule has 5 heteroatoms. The van der Waals surface area contributed by atoms with E-state index in [0.717, 1.165) is 46.7 Å². The number of benzene rings is 1. The Morgan fingerprint density at radius 2 is 2.08 bits per heavy atom. The van der Waals surface area contributed by atoms with E-state index in [2.05, 4.69) is 26.2 Å². The summed E-state index contributed by atoms with van der Waals surface area (Å²) in [5.74, 6) is 0.527. The number of pyridine rings is 1. The molecule has 0 saturated heterocycles. The zero-order valence-corrected chi connectivity index (χ0v) is 15.5. The van der Waals surface area contributed by atoms with Gasteiger partial charge in [-0.1, -0.05) is 22.9 Å². The number of aliphatic hydroxyl groups is 1. The highest BCUT2D eigenvalue weighted by molar-refractivity contribution is 9.10. The molecule has 128 valence electrons. The molecule has 0 aliphatic heterocycles. The molecule has 1 fully saturated rings. The van der Waals surface area contributed by atoms with Crippen molar-refractivity contribution in [2.45, 2.75) is 45.1 Å². The Kier molecular flexibility index (Phi) is 5.51. The number of ketones is 1. The molecule has 4 nitrogen and oxygen atoms in total. The van der Waals surface area contributed by atoms with Crippen LogP contribution in [-0.4, -0.2) is 28.5 Å². The highest BCUT2D eigenvalue weighted by atomic mass is 79.9. The highest BCUT2D eigenvalue weighted by Gasteiger charge is 2.23. The number of nitrogens with zero attached hydrogens (tertiary/aromatic N) is 1. The molecule has 0 bridgehead atoms. The quantitative estimate of drug-likeness (QED) is 0.734. The van der Waals surface area contributed by atoms with E-state index in [1.54, 1.807) is 6.20 Å². The maximum absolute atomic E-state index is 12.4. The van der Waals surface area contributed by atoms with Crippen molar-refractivity contribution in [1.29, 1.82) is 0 Å². The van der Waals surface area contributed by atoms with Crippen LogP contribution in [-0.2, 0) is 0 Å². The Labute approximate surface area is 150 Å². The lowest BCUT2D eigenvalue weighted by Gasteiger charge is -2.29. The topological polar surface area (TPSA) is 62.2 Å². The zero-order valence-electron chi connectivity index (χ0n) is 13.9. The van der Waals surface area contributed by atoms with Crippen molar-refractivity contribution in [2.75, 3.05) is 11.9 Å². The van der Waals surface area contributed by atoms with Crippen LogP contribution in [0.5, 0.6) is 0 Å². The van der Waals surface area contributed by atoms with Crippen LogP contribution in [0.3, 0.4) is 0 Å². The van der Waals surface area contributed by atoms with Crippen molar-refractivity contribution in [3.05, 3.63) is 34.4 Å². The lowest BCUT2D eigenvalue weighted by Crippen LogP contribution is -2.28. The van der Waals surface area contributed by atoms with Gasteiger partial charge in [0.1, 0.15) is 0 Å². The SMILES string of the molecule is CCC(=O)c1cnc2ccc(Br)cc2c1N[C@H]1CC[C@H](CO)CC1. The molecule has 1 aliphatic carbocycles. The summed E-state index contributed by atoms with van der Waals surface area (Å²) in [6, 6.07) is 6.29. The number of halogens is 1.